The molecule has 0 aliphatic carbocycles. The number of carbonyl (C=O) groups is 1. The molecule has 3 aromatic rings. The summed E-state index contributed by atoms with van der Waals surface area (Å²) in [6, 6.07) is 8.04. The van der Waals surface area contributed by atoms with Gasteiger partial charge in [-0.2, -0.15) is 0 Å². The van der Waals surface area contributed by atoms with Crippen molar-refractivity contribution in [3.8, 4) is 11.4 Å². The molecule has 0 radical (unpaired) electrons. The molecular formula is C14H9N3O3. The van der Waals surface area contributed by atoms with Gasteiger partial charge in [0.1, 0.15) is 5.82 Å². The number of carboxylic acids is 1. The molecule has 0 atom stereocenters. The van der Waals surface area contributed by atoms with E-state index in [1.165, 1.54) is 6.07 Å². The van der Waals surface area contributed by atoms with Crippen LogP contribution in [0.1, 0.15) is 10.4 Å². The van der Waals surface area contributed by atoms with Gasteiger partial charge in [-0.25, -0.2) is 9.78 Å². The highest BCUT2D eigenvalue weighted by atomic mass is 16.4. The second-order valence-corrected chi connectivity index (χ2v) is 4.16. The summed E-state index contributed by atoms with van der Waals surface area (Å²) in [6.45, 7) is 0. The van der Waals surface area contributed by atoms with Crippen molar-refractivity contribution in [2.24, 2.45) is 0 Å². The fraction of sp³-hybridized carbons (Fsp3) is 0. The van der Waals surface area contributed by atoms with E-state index in [0.717, 1.165) is 0 Å². The second kappa shape index (κ2) is 4.58. The molecule has 0 amide bonds. The number of hydrogen-bond acceptors (Lipinski definition) is 4. The number of nitrogens with one attached hydrogen (secondary N) is 1. The monoisotopic (exact) mass is 267 g/mol. The summed E-state index contributed by atoms with van der Waals surface area (Å²) < 4.78 is 0. The summed E-state index contributed by atoms with van der Waals surface area (Å²) >= 11 is 0. The minimum Gasteiger partial charge on any atom is -0.478 e. The molecule has 0 spiro atoms. The van der Waals surface area contributed by atoms with E-state index >= 15 is 0 Å². The Morgan fingerprint density at radius 3 is 2.75 bits per heavy atom. The summed E-state index contributed by atoms with van der Waals surface area (Å²) in [5.74, 6) is -0.796. The molecule has 98 valence electrons. The highest BCUT2D eigenvalue weighted by Crippen LogP contribution is 2.17. The normalized spacial score (nSPS) is 10.6. The zero-order valence-electron chi connectivity index (χ0n) is 10.2. The molecule has 0 bridgehead atoms. The van der Waals surface area contributed by atoms with Crippen molar-refractivity contribution in [3.63, 3.8) is 0 Å². The highest BCUT2D eigenvalue weighted by Gasteiger charge is 2.13. The summed E-state index contributed by atoms with van der Waals surface area (Å²) in [5, 5.41) is 9.18. The number of aromatic amines is 1. The average Bonchev–Trinajstić information content (AvgIpc) is 2.47. The van der Waals surface area contributed by atoms with Gasteiger partial charge < -0.3 is 10.1 Å². The van der Waals surface area contributed by atoms with Crippen molar-refractivity contribution >= 4 is 16.9 Å². The number of rotatable bonds is 2. The van der Waals surface area contributed by atoms with Gasteiger partial charge in [0.2, 0.25) is 0 Å². The summed E-state index contributed by atoms with van der Waals surface area (Å²) in [7, 11) is 0. The average molecular weight is 267 g/mol. The van der Waals surface area contributed by atoms with Gasteiger partial charge in [0.05, 0.1) is 16.5 Å². The summed E-state index contributed by atoms with van der Waals surface area (Å²) in [4.78, 5) is 34.1. The van der Waals surface area contributed by atoms with Crippen molar-refractivity contribution in [2.75, 3.05) is 0 Å². The second-order valence-electron chi connectivity index (χ2n) is 4.16. The van der Waals surface area contributed by atoms with Crippen LogP contribution in [0.5, 0.6) is 0 Å². The van der Waals surface area contributed by atoms with E-state index in [4.69, 9.17) is 5.11 Å². The fourth-order valence-corrected chi connectivity index (χ4v) is 2.01. The molecule has 2 aromatic heterocycles. The Labute approximate surface area is 112 Å². The highest BCUT2D eigenvalue weighted by molar-refractivity contribution is 6.02. The predicted octanol–water partition coefficient (Wildman–Crippen LogP) is 1.68. The standard InChI is InChI=1S/C14H9N3O3/c18-13-11-9(14(19)20)4-1-5-10(11)16-12(17-13)8-3-2-6-15-7-8/h1-7H,(H,19,20)(H,16,17,18). The molecular weight excluding hydrogens is 258 g/mol. The largest absolute Gasteiger partial charge is 0.478 e. The number of aromatic carboxylic acids is 1. The Bertz CT molecular complexity index is 856. The minimum atomic E-state index is -1.16. The summed E-state index contributed by atoms with van der Waals surface area (Å²) in [6.07, 6.45) is 3.19. The smallest absolute Gasteiger partial charge is 0.336 e. The third kappa shape index (κ3) is 1.93. The molecule has 2 N–H and O–H groups in total. The van der Waals surface area contributed by atoms with Crippen molar-refractivity contribution in [1.29, 1.82) is 0 Å². The summed E-state index contributed by atoms with van der Waals surface area (Å²) in [5.41, 5.74) is 0.459. The quantitative estimate of drug-likeness (QED) is 0.736. The van der Waals surface area contributed by atoms with Crippen LogP contribution in [-0.2, 0) is 0 Å². The molecule has 6 nitrogen and oxygen atoms in total. The van der Waals surface area contributed by atoms with Crippen LogP contribution in [0.4, 0.5) is 0 Å². The zero-order valence-corrected chi connectivity index (χ0v) is 10.2. The minimum absolute atomic E-state index is 0.0611. The van der Waals surface area contributed by atoms with Crippen LogP contribution >= 0.6 is 0 Å². The number of pyridine rings is 1. The number of H-pyrrole nitrogens is 1. The number of hydrogen-bond donors (Lipinski definition) is 2. The van der Waals surface area contributed by atoms with Crippen molar-refractivity contribution in [3.05, 3.63) is 58.6 Å². The molecule has 0 fully saturated rings. The maximum atomic E-state index is 12.1. The number of benzene rings is 1. The van der Waals surface area contributed by atoms with Crippen LogP contribution in [0.3, 0.4) is 0 Å². The molecule has 3 rings (SSSR count). The lowest BCUT2D eigenvalue weighted by atomic mass is 10.1. The third-order valence-corrected chi connectivity index (χ3v) is 2.90. The molecule has 1 aromatic carbocycles. The van der Waals surface area contributed by atoms with Gasteiger partial charge in [0.25, 0.3) is 5.56 Å². The Morgan fingerprint density at radius 1 is 1.20 bits per heavy atom. The molecule has 0 saturated carbocycles. The van der Waals surface area contributed by atoms with E-state index in [0.29, 0.717) is 16.9 Å². The van der Waals surface area contributed by atoms with Crippen molar-refractivity contribution in [1.82, 2.24) is 15.0 Å². The first-order valence-corrected chi connectivity index (χ1v) is 5.83. The fourth-order valence-electron chi connectivity index (χ4n) is 2.01. The van der Waals surface area contributed by atoms with Crippen LogP contribution in [0.15, 0.2) is 47.5 Å². The lowest BCUT2D eigenvalue weighted by molar-refractivity contribution is 0.0699. The van der Waals surface area contributed by atoms with Crippen molar-refractivity contribution in [2.45, 2.75) is 0 Å². The van der Waals surface area contributed by atoms with E-state index in [-0.39, 0.29) is 10.9 Å². The van der Waals surface area contributed by atoms with Crippen LogP contribution in [0.25, 0.3) is 22.3 Å². The van der Waals surface area contributed by atoms with Gasteiger partial charge in [-0.3, -0.25) is 9.78 Å². The number of carboxylic acid groups (broad SMARTS) is 1. The SMILES string of the molecule is O=C(O)c1cccc2nc(-c3cccnc3)[nH]c(=O)c12. The van der Waals surface area contributed by atoms with E-state index in [9.17, 15) is 9.59 Å². The predicted molar refractivity (Wildman–Crippen MR) is 72.6 cm³/mol. The van der Waals surface area contributed by atoms with Crippen LogP contribution in [0, 0.1) is 0 Å². The molecule has 20 heavy (non-hydrogen) atoms. The van der Waals surface area contributed by atoms with Crippen LogP contribution < -0.4 is 5.56 Å². The maximum absolute atomic E-state index is 12.1. The van der Waals surface area contributed by atoms with Crippen molar-refractivity contribution < 1.29 is 9.90 Å². The molecule has 0 aliphatic heterocycles. The zero-order chi connectivity index (χ0) is 14.1. The molecule has 0 unspecified atom stereocenters. The Hall–Kier alpha value is -3.02. The molecule has 6 heteroatoms. The van der Waals surface area contributed by atoms with E-state index in [1.807, 2.05) is 0 Å². The Kier molecular flexibility index (Phi) is 2.76. The number of aromatic nitrogens is 3. The first kappa shape index (κ1) is 12.0. The van der Waals surface area contributed by atoms with E-state index in [2.05, 4.69) is 15.0 Å². The number of fused-ring (bicyclic) bond motifs is 1. The topological polar surface area (TPSA) is 95.9 Å². The van der Waals surface area contributed by atoms with Gasteiger partial charge in [-0.05, 0) is 24.3 Å². The third-order valence-electron chi connectivity index (χ3n) is 2.90. The van der Waals surface area contributed by atoms with Crippen LogP contribution in [0.2, 0.25) is 0 Å². The first-order valence-electron chi connectivity index (χ1n) is 5.83. The van der Waals surface area contributed by atoms with Gasteiger partial charge in [0, 0.05) is 18.0 Å². The van der Waals surface area contributed by atoms with Gasteiger partial charge in [0.15, 0.2) is 0 Å². The van der Waals surface area contributed by atoms with Crippen LogP contribution in [-0.4, -0.2) is 26.0 Å². The van der Waals surface area contributed by atoms with Gasteiger partial charge in [-0.1, -0.05) is 6.07 Å². The van der Waals surface area contributed by atoms with E-state index in [1.54, 1.807) is 36.7 Å². The first-order chi connectivity index (χ1) is 9.66. The van der Waals surface area contributed by atoms with Gasteiger partial charge in [-0.15, -0.1) is 0 Å². The van der Waals surface area contributed by atoms with Gasteiger partial charge >= 0.3 is 5.97 Å². The number of nitrogens with zero attached hydrogens (tertiary/aromatic N) is 2. The Balaban J connectivity index is 2.32. The molecule has 0 saturated heterocycles. The lowest BCUT2D eigenvalue weighted by Gasteiger charge is -2.04. The molecule has 0 aliphatic rings. The maximum Gasteiger partial charge on any atom is 0.336 e. The van der Waals surface area contributed by atoms with E-state index < -0.39 is 11.5 Å². The Morgan fingerprint density at radius 2 is 2.05 bits per heavy atom. The lowest BCUT2D eigenvalue weighted by Crippen LogP contribution is -2.13. The molecule has 2 heterocycles.